The van der Waals surface area contributed by atoms with Crippen molar-refractivity contribution < 1.29 is 14.5 Å². The van der Waals surface area contributed by atoms with Crippen LogP contribution in [0.25, 0.3) is 0 Å². The summed E-state index contributed by atoms with van der Waals surface area (Å²) in [4.78, 5) is 25.0. The first kappa shape index (κ1) is 19.1. The lowest BCUT2D eigenvalue weighted by molar-refractivity contribution is -0.385. The summed E-state index contributed by atoms with van der Waals surface area (Å²) in [6, 6.07) is 10.7. The van der Waals surface area contributed by atoms with Gasteiger partial charge in [-0.05, 0) is 54.8 Å². The number of likely N-dealkylation sites (tertiary alicyclic amines) is 1. The number of nitrogens with two attached hydrogens (primary N) is 1. The summed E-state index contributed by atoms with van der Waals surface area (Å²) in [5.74, 6) is 0.420. The van der Waals surface area contributed by atoms with E-state index in [9.17, 15) is 14.9 Å². The van der Waals surface area contributed by atoms with Gasteiger partial charge in [0.2, 0.25) is 5.75 Å². The van der Waals surface area contributed by atoms with Crippen molar-refractivity contribution in [1.29, 1.82) is 0 Å². The Bertz CT molecular complexity index is 872. The lowest BCUT2D eigenvalue weighted by Gasteiger charge is -2.22. The smallest absolute Gasteiger partial charge is 0.313 e. The zero-order valence-electron chi connectivity index (χ0n) is 14.9. The molecule has 1 unspecified atom stereocenters. The normalized spacial score (nSPS) is 19.1. The topological polar surface area (TPSA) is 98.7 Å². The molecule has 142 valence electrons. The molecule has 1 atom stereocenters. The summed E-state index contributed by atoms with van der Waals surface area (Å²) in [5.41, 5.74) is 6.07. The number of ether oxygens (including phenoxy) is 1. The van der Waals surface area contributed by atoms with E-state index in [2.05, 4.69) is 6.92 Å². The van der Waals surface area contributed by atoms with Crippen molar-refractivity contribution >= 4 is 23.2 Å². The number of hydrogen-bond donors (Lipinski definition) is 1. The minimum Gasteiger partial charge on any atom is -0.450 e. The van der Waals surface area contributed by atoms with Crippen molar-refractivity contribution in [2.45, 2.75) is 13.3 Å². The van der Waals surface area contributed by atoms with Gasteiger partial charge < -0.3 is 15.4 Å². The lowest BCUT2D eigenvalue weighted by Crippen LogP contribution is -2.34. The van der Waals surface area contributed by atoms with Crippen LogP contribution < -0.4 is 10.5 Å². The van der Waals surface area contributed by atoms with Gasteiger partial charge in [0.05, 0.1) is 4.92 Å². The highest BCUT2D eigenvalue weighted by Gasteiger charge is 2.35. The van der Waals surface area contributed by atoms with Crippen LogP contribution in [0.15, 0.2) is 42.5 Å². The van der Waals surface area contributed by atoms with E-state index in [1.54, 1.807) is 29.2 Å². The first-order valence-corrected chi connectivity index (χ1v) is 8.90. The fraction of sp³-hybridized carbons (Fsp3) is 0.316. The molecule has 3 rings (SSSR count). The number of nitro benzene ring substituents is 1. The minimum absolute atomic E-state index is 0.0355. The number of rotatable bonds is 5. The number of benzene rings is 2. The van der Waals surface area contributed by atoms with E-state index < -0.39 is 4.92 Å². The Hall–Kier alpha value is -2.64. The molecule has 27 heavy (non-hydrogen) atoms. The standard InChI is InChI=1S/C19H20ClN3O4/c1-19(11-21)8-9-22(12-19)18(24)13-2-5-15(6-3-13)27-17-7-4-14(20)10-16(17)23(25)26/h2-7,10H,8-9,11-12,21H2,1H3. The molecular weight excluding hydrogens is 370 g/mol. The average Bonchev–Trinajstić information content (AvgIpc) is 3.06. The third kappa shape index (κ3) is 4.20. The largest absolute Gasteiger partial charge is 0.450 e. The highest BCUT2D eigenvalue weighted by atomic mass is 35.5. The van der Waals surface area contributed by atoms with Gasteiger partial charge in [-0.25, -0.2) is 0 Å². The molecule has 1 amide bonds. The summed E-state index contributed by atoms with van der Waals surface area (Å²) in [7, 11) is 0. The van der Waals surface area contributed by atoms with Crippen LogP contribution in [-0.2, 0) is 0 Å². The van der Waals surface area contributed by atoms with Crippen LogP contribution in [-0.4, -0.2) is 35.4 Å². The molecule has 8 heteroatoms. The fourth-order valence-electron chi connectivity index (χ4n) is 3.06. The number of nitro groups is 1. The van der Waals surface area contributed by atoms with E-state index in [0.717, 1.165) is 6.42 Å². The van der Waals surface area contributed by atoms with Crippen molar-refractivity contribution in [2.24, 2.45) is 11.1 Å². The summed E-state index contributed by atoms with van der Waals surface area (Å²) >= 11 is 5.80. The molecule has 2 aromatic carbocycles. The SMILES string of the molecule is CC1(CN)CCN(C(=O)c2ccc(Oc3ccc(Cl)cc3[N+](=O)[O-])cc2)C1. The zero-order valence-corrected chi connectivity index (χ0v) is 15.6. The van der Waals surface area contributed by atoms with Crippen LogP contribution in [0.2, 0.25) is 5.02 Å². The molecule has 0 spiro atoms. The van der Waals surface area contributed by atoms with Crippen molar-refractivity contribution in [3.8, 4) is 11.5 Å². The molecule has 1 heterocycles. The lowest BCUT2D eigenvalue weighted by atomic mass is 9.90. The van der Waals surface area contributed by atoms with E-state index in [4.69, 9.17) is 22.1 Å². The monoisotopic (exact) mass is 389 g/mol. The quantitative estimate of drug-likeness (QED) is 0.618. The second-order valence-electron chi connectivity index (χ2n) is 6.99. The van der Waals surface area contributed by atoms with Crippen LogP contribution in [0.4, 0.5) is 5.69 Å². The van der Waals surface area contributed by atoms with Gasteiger partial charge in [-0.2, -0.15) is 0 Å². The number of hydrogen-bond acceptors (Lipinski definition) is 5. The average molecular weight is 390 g/mol. The summed E-state index contributed by atoms with van der Waals surface area (Å²) < 4.78 is 5.59. The number of amides is 1. The Morgan fingerprint density at radius 3 is 2.63 bits per heavy atom. The van der Waals surface area contributed by atoms with E-state index in [-0.39, 0.29) is 27.8 Å². The van der Waals surface area contributed by atoms with Crippen LogP contribution in [0.5, 0.6) is 11.5 Å². The molecule has 1 saturated heterocycles. The van der Waals surface area contributed by atoms with Crippen LogP contribution in [0.1, 0.15) is 23.7 Å². The number of carbonyl (C=O) groups is 1. The summed E-state index contributed by atoms with van der Waals surface area (Å²) in [6.07, 6.45) is 0.886. The highest BCUT2D eigenvalue weighted by molar-refractivity contribution is 6.30. The Kier molecular flexibility index (Phi) is 5.34. The van der Waals surface area contributed by atoms with Gasteiger partial charge in [-0.1, -0.05) is 18.5 Å². The van der Waals surface area contributed by atoms with Gasteiger partial charge in [-0.15, -0.1) is 0 Å². The van der Waals surface area contributed by atoms with Crippen LogP contribution in [0, 0.1) is 15.5 Å². The van der Waals surface area contributed by atoms with Gasteiger partial charge in [0.1, 0.15) is 5.75 Å². The molecule has 1 aliphatic heterocycles. The Labute approximate surface area is 161 Å². The third-order valence-corrected chi connectivity index (χ3v) is 5.02. The maximum Gasteiger partial charge on any atom is 0.313 e. The molecule has 1 aliphatic rings. The van der Waals surface area contributed by atoms with Gasteiger partial charge in [0, 0.05) is 29.7 Å². The molecular formula is C19H20ClN3O4. The van der Waals surface area contributed by atoms with Crippen molar-refractivity contribution in [1.82, 2.24) is 4.90 Å². The number of halogens is 1. The van der Waals surface area contributed by atoms with Gasteiger partial charge >= 0.3 is 5.69 Å². The molecule has 2 N–H and O–H groups in total. The van der Waals surface area contributed by atoms with Crippen LogP contribution in [0.3, 0.4) is 0 Å². The molecule has 0 bridgehead atoms. The zero-order chi connectivity index (χ0) is 19.6. The van der Waals surface area contributed by atoms with Crippen LogP contribution >= 0.6 is 11.6 Å². The minimum atomic E-state index is -0.555. The summed E-state index contributed by atoms with van der Waals surface area (Å²) in [6.45, 7) is 3.94. The molecule has 0 radical (unpaired) electrons. The predicted molar refractivity (Wildman–Crippen MR) is 102 cm³/mol. The second kappa shape index (κ2) is 7.54. The van der Waals surface area contributed by atoms with E-state index in [1.165, 1.54) is 18.2 Å². The number of nitrogens with zero attached hydrogens (tertiary/aromatic N) is 2. The van der Waals surface area contributed by atoms with Crippen molar-refractivity contribution in [2.75, 3.05) is 19.6 Å². The maximum atomic E-state index is 12.6. The Morgan fingerprint density at radius 2 is 2.04 bits per heavy atom. The van der Waals surface area contributed by atoms with Gasteiger partial charge in [-0.3, -0.25) is 14.9 Å². The summed E-state index contributed by atoms with van der Waals surface area (Å²) in [5, 5.41) is 11.4. The molecule has 0 saturated carbocycles. The second-order valence-corrected chi connectivity index (χ2v) is 7.42. The molecule has 1 fully saturated rings. The predicted octanol–water partition coefficient (Wildman–Crippen LogP) is 3.85. The molecule has 2 aromatic rings. The highest BCUT2D eigenvalue weighted by Crippen LogP contribution is 2.34. The van der Waals surface area contributed by atoms with Crippen molar-refractivity contribution in [3.63, 3.8) is 0 Å². The van der Waals surface area contributed by atoms with Gasteiger partial charge in [0.25, 0.3) is 5.91 Å². The first-order valence-electron chi connectivity index (χ1n) is 8.52. The molecule has 0 aliphatic carbocycles. The fourth-order valence-corrected chi connectivity index (χ4v) is 3.22. The number of carbonyl (C=O) groups excluding carboxylic acids is 1. The Morgan fingerprint density at radius 1 is 1.33 bits per heavy atom. The first-order chi connectivity index (χ1) is 12.8. The molecule has 0 aromatic heterocycles. The van der Waals surface area contributed by atoms with E-state index in [0.29, 0.717) is 30.9 Å². The van der Waals surface area contributed by atoms with Gasteiger partial charge in [0.15, 0.2) is 0 Å². The van der Waals surface area contributed by atoms with E-state index in [1.807, 2.05) is 0 Å². The maximum absolute atomic E-state index is 12.6. The van der Waals surface area contributed by atoms with E-state index >= 15 is 0 Å². The molecule has 7 nitrogen and oxygen atoms in total. The third-order valence-electron chi connectivity index (χ3n) is 4.78. The Balaban J connectivity index is 1.73. The van der Waals surface area contributed by atoms with Crippen molar-refractivity contribution in [3.05, 3.63) is 63.2 Å².